The molecule has 0 aliphatic rings. The molecule has 0 spiro atoms. The summed E-state index contributed by atoms with van der Waals surface area (Å²) in [6, 6.07) is 9.99. The second kappa shape index (κ2) is 6.10. The van der Waals surface area contributed by atoms with Gasteiger partial charge in [-0.1, -0.05) is 65.7 Å². The van der Waals surface area contributed by atoms with Gasteiger partial charge in [0, 0.05) is 5.54 Å². The first kappa shape index (κ1) is 15.6. The highest BCUT2D eigenvalue weighted by molar-refractivity contribution is 6.48. The van der Waals surface area contributed by atoms with E-state index in [2.05, 4.69) is 26.1 Å². The van der Waals surface area contributed by atoms with E-state index in [-0.39, 0.29) is 11.6 Å². The fourth-order valence-corrected chi connectivity index (χ4v) is 1.84. The third-order valence-corrected chi connectivity index (χ3v) is 2.89. The summed E-state index contributed by atoms with van der Waals surface area (Å²) >= 11 is 12.4. The highest BCUT2D eigenvalue weighted by Crippen LogP contribution is 2.27. The van der Waals surface area contributed by atoms with Crippen LogP contribution in [-0.4, -0.2) is 15.9 Å². The van der Waals surface area contributed by atoms with E-state index in [1.807, 2.05) is 42.5 Å². The Morgan fingerprint density at radius 2 is 1.61 bits per heavy atom. The van der Waals surface area contributed by atoms with Crippen molar-refractivity contribution in [3.8, 4) is 0 Å². The number of benzene rings is 1. The quantitative estimate of drug-likeness (QED) is 0.794. The van der Waals surface area contributed by atoms with Crippen LogP contribution in [0.1, 0.15) is 33.3 Å². The fraction of sp³-hybridized carbons (Fsp3) is 0.467. The zero-order valence-corrected chi connectivity index (χ0v) is 12.9. The van der Waals surface area contributed by atoms with Crippen molar-refractivity contribution in [2.75, 3.05) is 0 Å². The van der Waals surface area contributed by atoms with Gasteiger partial charge in [0.05, 0.1) is 6.04 Å². The fourth-order valence-electron chi connectivity index (χ4n) is 1.58. The SMILES string of the molecule is CC(C)(C)NC(/C=C/c1ccccc1)C(C)(Cl)Cl. The molecule has 0 radical (unpaired) electrons. The summed E-state index contributed by atoms with van der Waals surface area (Å²) in [6.07, 6.45) is 4.05. The van der Waals surface area contributed by atoms with Crippen molar-refractivity contribution in [2.24, 2.45) is 0 Å². The summed E-state index contributed by atoms with van der Waals surface area (Å²) in [6.45, 7) is 8.08. The molecule has 1 aromatic rings. The number of hydrogen-bond donors (Lipinski definition) is 1. The van der Waals surface area contributed by atoms with Crippen LogP contribution >= 0.6 is 23.2 Å². The molecule has 1 atom stereocenters. The van der Waals surface area contributed by atoms with Crippen LogP contribution in [0.2, 0.25) is 0 Å². The average Bonchev–Trinajstić information content (AvgIpc) is 2.22. The smallest absolute Gasteiger partial charge is 0.134 e. The molecule has 100 valence electrons. The molecule has 0 fully saturated rings. The molecule has 0 bridgehead atoms. The van der Waals surface area contributed by atoms with Crippen LogP contribution in [0, 0.1) is 0 Å². The number of alkyl halides is 2. The van der Waals surface area contributed by atoms with E-state index < -0.39 is 4.33 Å². The monoisotopic (exact) mass is 285 g/mol. The largest absolute Gasteiger partial charge is 0.303 e. The van der Waals surface area contributed by atoms with Crippen LogP contribution in [0.5, 0.6) is 0 Å². The van der Waals surface area contributed by atoms with Crippen molar-refractivity contribution in [3.05, 3.63) is 42.0 Å². The van der Waals surface area contributed by atoms with Crippen LogP contribution in [0.3, 0.4) is 0 Å². The Kier molecular flexibility index (Phi) is 5.27. The average molecular weight is 286 g/mol. The summed E-state index contributed by atoms with van der Waals surface area (Å²) in [4.78, 5) is 0. The van der Waals surface area contributed by atoms with E-state index in [9.17, 15) is 0 Å². The van der Waals surface area contributed by atoms with E-state index >= 15 is 0 Å². The van der Waals surface area contributed by atoms with E-state index in [4.69, 9.17) is 23.2 Å². The van der Waals surface area contributed by atoms with Gasteiger partial charge in [0.1, 0.15) is 4.33 Å². The van der Waals surface area contributed by atoms with Crippen LogP contribution in [0.25, 0.3) is 6.08 Å². The number of halogens is 2. The molecule has 1 unspecified atom stereocenters. The maximum Gasteiger partial charge on any atom is 0.134 e. The van der Waals surface area contributed by atoms with Crippen molar-refractivity contribution in [1.82, 2.24) is 5.32 Å². The third-order valence-electron chi connectivity index (χ3n) is 2.42. The van der Waals surface area contributed by atoms with Gasteiger partial charge in [0.2, 0.25) is 0 Å². The summed E-state index contributed by atoms with van der Waals surface area (Å²) in [5.74, 6) is 0. The first-order chi connectivity index (χ1) is 8.18. The van der Waals surface area contributed by atoms with Gasteiger partial charge in [-0.05, 0) is 33.3 Å². The van der Waals surface area contributed by atoms with Gasteiger partial charge in [0.25, 0.3) is 0 Å². The minimum absolute atomic E-state index is 0.0449. The van der Waals surface area contributed by atoms with Crippen molar-refractivity contribution in [2.45, 2.75) is 43.6 Å². The minimum atomic E-state index is -0.849. The van der Waals surface area contributed by atoms with Gasteiger partial charge in [-0.2, -0.15) is 0 Å². The highest BCUT2D eigenvalue weighted by Gasteiger charge is 2.30. The van der Waals surface area contributed by atoms with Crippen molar-refractivity contribution >= 4 is 29.3 Å². The van der Waals surface area contributed by atoms with Crippen LogP contribution in [-0.2, 0) is 0 Å². The van der Waals surface area contributed by atoms with E-state index in [0.717, 1.165) is 5.56 Å². The summed E-state index contributed by atoms with van der Waals surface area (Å²) in [5, 5.41) is 3.42. The Morgan fingerprint density at radius 3 is 2.06 bits per heavy atom. The third kappa shape index (κ3) is 5.90. The lowest BCUT2D eigenvalue weighted by molar-refractivity contribution is 0.379. The summed E-state index contributed by atoms with van der Waals surface area (Å²) in [5.41, 5.74) is 1.09. The van der Waals surface area contributed by atoms with Gasteiger partial charge in [-0.25, -0.2) is 0 Å². The molecule has 1 N–H and O–H groups in total. The van der Waals surface area contributed by atoms with E-state index in [0.29, 0.717) is 0 Å². The molecule has 0 heterocycles. The standard InChI is InChI=1S/C15H21Cl2N/c1-14(2,3)18-13(15(4,16)17)11-10-12-8-6-5-7-9-12/h5-11,13,18H,1-4H3/b11-10+. The van der Waals surface area contributed by atoms with Crippen LogP contribution in [0.15, 0.2) is 36.4 Å². The Balaban J connectivity index is 2.83. The van der Waals surface area contributed by atoms with Crippen molar-refractivity contribution in [3.63, 3.8) is 0 Å². The lowest BCUT2D eigenvalue weighted by atomic mass is 10.0. The van der Waals surface area contributed by atoms with Gasteiger partial charge in [-0.3, -0.25) is 0 Å². The maximum atomic E-state index is 6.22. The molecule has 1 aromatic carbocycles. The van der Waals surface area contributed by atoms with Gasteiger partial charge >= 0.3 is 0 Å². The van der Waals surface area contributed by atoms with E-state index in [1.54, 1.807) is 6.92 Å². The topological polar surface area (TPSA) is 12.0 Å². The second-order valence-electron chi connectivity index (χ2n) is 5.60. The first-order valence-corrected chi connectivity index (χ1v) is 6.83. The summed E-state index contributed by atoms with van der Waals surface area (Å²) in [7, 11) is 0. The van der Waals surface area contributed by atoms with Crippen molar-refractivity contribution in [1.29, 1.82) is 0 Å². The second-order valence-corrected chi connectivity index (χ2v) is 7.36. The van der Waals surface area contributed by atoms with Crippen LogP contribution in [0.4, 0.5) is 0 Å². The van der Waals surface area contributed by atoms with Gasteiger partial charge < -0.3 is 5.32 Å². The van der Waals surface area contributed by atoms with Crippen LogP contribution < -0.4 is 5.32 Å². The molecule has 0 saturated carbocycles. The molecule has 0 saturated heterocycles. The predicted octanol–water partition coefficient (Wildman–Crippen LogP) is 4.65. The Bertz CT molecular complexity index is 385. The number of nitrogens with one attached hydrogen (secondary N) is 1. The molecule has 18 heavy (non-hydrogen) atoms. The molecule has 0 amide bonds. The van der Waals surface area contributed by atoms with Gasteiger partial charge in [0.15, 0.2) is 0 Å². The molecular weight excluding hydrogens is 265 g/mol. The lowest BCUT2D eigenvalue weighted by Gasteiger charge is -2.32. The number of hydrogen-bond acceptors (Lipinski definition) is 1. The Labute approximate surface area is 120 Å². The molecule has 1 rings (SSSR count). The predicted molar refractivity (Wildman–Crippen MR) is 82.3 cm³/mol. The molecular formula is C15H21Cl2N. The van der Waals surface area contributed by atoms with Gasteiger partial charge in [-0.15, -0.1) is 0 Å². The summed E-state index contributed by atoms with van der Waals surface area (Å²) < 4.78 is -0.849. The molecule has 0 aromatic heterocycles. The zero-order chi connectivity index (χ0) is 13.8. The number of rotatable bonds is 4. The lowest BCUT2D eigenvalue weighted by Crippen LogP contribution is -2.49. The first-order valence-electron chi connectivity index (χ1n) is 6.07. The maximum absolute atomic E-state index is 6.22. The van der Waals surface area contributed by atoms with Crippen molar-refractivity contribution < 1.29 is 0 Å². The zero-order valence-electron chi connectivity index (χ0n) is 11.4. The van der Waals surface area contributed by atoms with E-state index in [1.165, 1.54) is 0 Å². The molecule has 1 nitrogen and oxygen atoms in total. The molecule has 0 aliphatic heterocycles. The molecule has 0 aliphatic carbocycles. The Hall–Kier alpha value is -0.500. The minimum Gasteiger partial charge on any atom is -0.303 e. The normalized spacial score (nSPS) is 15.0. The molecule has 3 heteroatoms. The highest BCUT2D eigenvalue weighted by atomic mass is 35.5. The Morgan fingerprint density at radius 1 is 1.06 bits per heavy atom.